The van der Waals surface area contributed by atoms with E-state index in [2.05, 4.69) is 15.5 Å². The molecule has 1 aromatic rings. The topological polar surface area (TPSA) is 63.8 Å². The average molecular weight is 174 g/mol. The Morgan fingerprint density at radius 3 is 2.91 bits per heavy atom. The first-order valence-electron chi connectivity index (χ1n) is 3.24. The highest BCUT2D eigenvalue weighted by Crippen LogP contribution is 2.17. The number of aryl methyl sites for hydroxylation is 1. The number of hydrogen-bond acceptors (Lipinski definition) is 5. The molecule has 1 rings (SSSR count). The fourth-order valence-corrected chi connectivity index (χ4v) is 1.25. The maximum Gasteiger partial charge on any atom is 0.209 e. The van der Waals surface area contributed by atoms with Crippen molar-refractivity contribution in [1.29, 1.82) is 0 Å². The lowest BCUT2D eigenvalue weighted by molar-refractivity contribution is 0.300. The summed E-state index contributed by atoms with van der Waals surface area (Å²) in [5.74, 6) is 0. The third-order valence-electron chi connectivity index (χ3n) is 1.14. The molecule has 0 radical (unpaired) electrons. The fourth-order valence-electron chi connectivity index (χ4n) is 0.538. The maximum absolute atomic E-state index is 8.73. The molecule has 5 nitrogen and oxygen atoms in total. The van der Waals surface area contributed by atoms with Crippen LogP contribution >= 0.6 is 11.8 Å². The van der Waals surface area contributed by atoms with Gasteiger partial charge in [-0.05, 0) is 10.4 Å². The van der Waals surface area contributed by atoms with E-state index in [1.165, 1.54) is 11.8 Å². The summed E-state index contributed by atoms with van der Waals surface area (Å²) in [4.78, 5) is 0. The minimum absolute atomic E-state index is 0.136. The molecular formula is C5H10N4OS. The van der Waals surface area contributed by atoms with Crippen molar-refractivity contribution < 1.29 is 5.11 Å². The lowest BCUT2D eigenvalue weighted by Crippen LogP contribution is -2.04. The van der Waals surface area contributed by atoms with Crippen molar-refractivity contribution in [3.63, 3.8) is 0 Å². The predicted molar refractivity (Wildman–Crippen MR) is 41.2 cm³/mol. The number of aromatic nitrogens is 4. The number of aliphatic hydroxyl groups is 1. The van der Waals surface area contributed by atoms with Gasteiger partial charge in [-0.15, -0.1) is 5.10 Å². The van der Waals surface area contributed by atoms with Crippen molar-refractivity contribution >= 4 is 11.8 Å². The number of nitrogens with zero attached hydrogens (tertiary/aromatic N) is 4. The van der Waals surface area contributed by atoms with Crippen molar-refractivity contribution in [2.45, 2.75) is 17.3 Å². The fraction of sp³-hybridized carbons (Fsp3) is 0.800. The Hall–Kier alpha value is -0.620. The predicted octanol–water partition coefficient (Wildman–Crippen LogP) is -0.317. The zero-order valence-electron chi connectivity index (χ0n) is 6.43. The highest BCUT2D eigenvalue weighted by Gasteiger charge is 2.07. The van der Waals surface area contributed by atoms with Crippen molar-refractivity contribution in [3.05, 3.63) is 0 Å². The number of tetrazole rings is 1. The van der Waals surface area contributed by atoms with E-state index in [1.807, 2.05) is 6.92 Å². The first kappa shape index (κ1) is 8.48. The van der Waals surface area contributed by atoms with E-state index in [9.17, 15) is 0 Å². The van der Waals surface area contributed by atoms with E-state index >= 15 is 0 Å². The second-order valence-corrected chi connectivity index (χ2v) is 3.60. The van der Waals surface area contributed by atoms with Gasteiger partial charge < -0.3 is 5.11 Å². The molecule has 1 aromatic heterocycles. The van der Waals surface area contributed by atoms with Gasteiger partial charge in [0.25, 0.3) is 0 Å². The molecular weight excluding hydrogens is 164 g/mol. The summed E-state index contributed by atoms with van der Waals surface area (Å²) in [7, 11) is 1.77. The van der Waals surface area contributed by atoms with E-state index in [0.29, 0.717) is 0 Å². The molecule has 0 fully saturated rings. The van der Waals surface area contributed by atoms with Crippen molar-refractivity contribution in [3.8, 4) is 0 Å². The monoisotopic (exact) mass is 174 g/mol. The Morgan fingerprint density at radius 1 is 1.73 bits per heavy atom. The van der Waals surface area contributed by atoms with Crippen LogP contribution in [0.1, 0.15) is 6.92 Å². The molecule has 0 saturated carbocycles. The zero-order chi connectivity index (χ0) is 8.27. The summed E-state index contributed by atoms with van der Waals surface area (Å²) < 4.78 is 1.58. The molecule has 1 unspecified atom stereocenters. The van der Waals surface area contributed by atoms with Gasteiger partial charge in [-0.3, -0.25) is 0 Å². The third-order valence-corrected chi connectivity index (χ3v) is 2.25. The van der Waals surface area contributed by atoms with Crippen LogP contribution in [0.3, 0.4) is 0 Å². The minimum atomic E-state index is 0.136. The lowest BCUT2D eigenvalue weighted by Gasteiger charge is -2.03. The van der Waals surface area contributed by atoms with Gasteiger partial charge in [-0.25, -0.2) is 4.68 Å². The van der Waals surface area contributed by atoms with Gasteiger partial charge in [-0.2, -0.15) is 0 Å². The average Bonchev–Trinajstić information content (AvgIpc) is 2.37. The summed E-state index contributed by atoms with van der Waals surface area (Å²) >= 11 is 1.45. The van der Waals surface area contributed by atoms with Crippen LogP contribution in [0.5, 0.6) is 0 Å². The standard InChI is InChI=1S/C5H10N4OS/c1-4(3-10)11-5-6-7-8-9(5)2/h4,10H,3H2,1-2H3. The summed E-state index contributed by atoms with van der Waals surface area (Å²) in [6.45, 7) is 2.05. The minimum Gasteiger partial charge on any atom is -0.395 e. The Kier molecular flexibility index (Phi) is 2.84. The van der Waals surface area contributed by atoms with Crippen molar-refractivity contribution in [2.75, 3.05) is 6.61 Å². The largest absolute Gasteiger partial charge is 0.395 e. The summed E-state index contributed by atoms with van der Waals surface area (Å²) in [5, 5.41) is 20.5. The summed E-state index contributed by atoms with van der Waals surface area (Å²) in [5.41, 5.74) is 0. The normalized spacial score (nSPS) is 13.4. The van der Waals surface area contributed by atoms with Crippen LogP contribution < -0.4 is 0 Å². The molecule has 6 heteroatoms. The molecule has 0 spiro atoms. The third kappa shape index (κ3) is 2.16. The van der Waals surface area contributed by atoms with Gasteiger partial charge in [0.2, 0.25) is 5.16 Å². The quantitative estimate of drug-likeness (QED) is 0.636. The van der Waals surface area contributed by atoms with Crippen LogP contribution in [-0.2, 0) is 7.05 Å². The number of rotatable bonds is 3. The van der Waals surface area contributed by atoms with Gasteiger partial charge in [0, 0.05) is 12.3 Å². The summed E-state index contributed by atoms with van der Waals surface area (Å²) in [6, 6.07) is 0. The molecule has 0 amide bonds. The molecule has 0 aliphatic rings. The number of hydrogen-bond donors (Lipinski definition) is 1. The molecule has 11 heavy (non-hydrogen) atoms. The molecule has 0 saturated heterocycles. The zero-order valence-corrected chi connectivity index (χ0v) is 7.25. The van der Waals surface area contributed by atoms with Gasteiger partial charge in [0.15, 0.2) is 0 Å². The van der Waals surface area contributed by atoms with E-state index in [0.717, 1.165) is 5.16 Å². The van der Waals surface area contributed by atoms with Crippen molar-refractivity contribution in [2.24, 2.45) is 7.05 Å². The van der Waals surface area contributed by atoms with E-state index in [1.54, 1.807) is 11.7 Å². The first-order chi connectivity index (χ1) is 5.24. The first-order valence-corrected chi connectivity index (χ1v) is 4.12. The second-order valence-electron chi connectivity index (χ2n) is 2.20. The molecule has 1 N–H and O–H groups in total. The van der Waals surface area contributed by atoms with Crippen LogP contribution in [0.2, 0.25) is 0 Å². The SMILES string of the molecule is CC(CO)Sc1nnnn1C. The van der Waals surface area contributed by atoms with Crippen LogP contribution in [0.4, 0.5) is 0 Å². The van der Waals surface area contributed by atoms with Crippen LogP contribution in [0, 0.1) is 0 Å². The maximum atomic E-state index is 8.73. The second kappa shape index (κ2) is 3.68. The highest BCUT2D eigenvalue weighted by atomic mass is 32.2. The highest BCUT2D eigenvalue weighted by molar-refractivity contribution is 7.99. The Morgan fingerprint density at radius 2 is 2.45 bits per heavy atom. The van der Waals surface area contributed by atoms with Gasteiger partial charge in [-0.1, -0.05) is 18.7 Å². The van der Waals surface area contributed by atoms with Crippen LogP contribution in [0.25, 0.3) is 0 Å². The van der Waals surface area contributed by atoms with Gasteiger partial charge in [0.1, 0.15) is 0 Å². The Balaban J connectivity index is 2.56. The molecule has 0 aliphatic heterocycles. The molecule has 0 bridgehead atoms. The molecule has 1 heterocycles. The van der Waals surface area contributed by atoms with Gasteiger partial charge >= 0.3 is 0 Å². The van der Waals surface area contributed by atoms with E-state index in [-0.39, 0.29) is 11.9 Å². The van der Waals surface area contributed by atoms with Crippen LogP contribution in [-0.4, -0.2) is 37.2 Å². The Bertz CT molecular complexity index is 226. The Labute approximate surface area is 68.8 Å². The lowest BCUT2D eigenvalue weighted by atomic mass is 10.5. The molecule has 1 atom stereocenters. The van der Waals surface area contributed by atoms with E-state index in [4.69, 9.17) is 5.11 Å². The number of thioether (sulfide) groups is 1. The van der Waals surface area contributed by atoms with Crippen LogP contribution in [0.15, 0.2) is 5.16 Å². The smallest absolute Gasteiger partial charge is 0.209 e. The molecule has 0 aliphatic carbocycles. The summed E-state index contributed by atoms with van der Waals surface area (Å²) in [6.07, 6.45) is 0. The molecule has 62 valence electrons. The molecule has 0 aromatic carbocycles. The van der Waals surface area contributed by atoms with Crippen molar-refractivity contribution in [1.82, 2.24) is 20.2 Å². The number of aliphatic hydroxyl groups excluding tert-OH is 1. The van der Waals surface area contributed by atoms with Gasteiger partial charge in [0.05, 0.1) is 6.61 Å². The van der Waals surface area contributed by atoms with E-state index < -0.39 is 0 Å².